The molecule has 0 aromatic heterocycles. The zero-order valence-electron chi connectivity index (χ0n) is 9.95. The van der Waals surface area contributed by atoms with E-state index in [9.17, 15) is 4.79 Å². The number of hydrogen-bond donors (Lipinski definition) is 1. The van der Waals surface area contributed by atoms with Crippen molar-refractivity contribution in [1.82, 2.24) is 5.32 Å². The second kappa shape index (κ2) is 5.47. The predicted octanol–water partition coefficient (Wildman–Crippen LogP) is 0.951. The highest BCUT2D eigenvalue weighted by Crippen LogP contribution is 2.23. The molecule has 0 aromatic carbocycles. The summed E-state index contributed by atoms with van der Waals surface area (Å²) in [5.41, 5.74) is 0. The van der Waals surface area contributed by atoms with E-state index in [2.05, 4.69) is 5.32 Å². The number of carbonyl (C=O) groups is 1. The molecule has 0 spiro atoms. The van der Waals surface area contributed by atoms with Gasteiger partial charge < -0.3 is 14.8 Å². The average Bonchev–Trinajstić information content (AvgIpc) is 2.14. The molecule has 1 atom stereocenters. The fraction of sp³-hybridized carbons (Fsp3) is 0.909. The van der Waals surface area contributed by atoms with Crippen molar-refractivity contribution < 1.29 is 14.3 Å². The first-order chi connectivity index (χ1) is 7.08. The third-order valence-corrected chi connectivity index (χ3v) is 2.97. The highest BCUT2D eigenvalue weighted by atomic mass is 16.5. The summed E-state index contributed by atoms with van der Waals surface area (Å²) in [5, 5.41) is 3.31. The van der Waals surface area contributed by atoms with Crippen LogP contribution in [-0.4, -0.2) is 38.4 Å². The van der Waals surface area contributed by atoms with E-state index in [1.807, 2.05) is 13.8 Å². The molecule has 1 rings (SSSR count). The molecule has 0 amide bonds. The highest BCUT2D eigenvalue weighted by molar-refractivity contribution is 5.76. The molecule has 4 nitrogen and oxygen atoms in total. The van der Waals surface area contributed by atoms with Crippen molar-refractivity contribution in [2.45, 2.75) is 44.9 Å². The Morgan fingerprint density at radius 3 is 2.33 bits per heavy atom. The maximum absolute atomic E-state index is 11.5. The summed E-state index contributed by atoms with van der Waals surface area (Å²) in [6.45, 7) is 4.03. The van der Waals surface area contributed by atoms with Crippen LogP contribution in [0.3, 0.4) is 0 Å². The van der Waals surface area contributed by atoms with E-state index in [1.54, 1.807) is 7.11 Å². The third kappa shape index (κ3) is 3.18. The van der Waals surface area contributed by atoms with E-state index < -0.39 is 0 Å². The van der Waals surface area contributed by atoms with Crippen molar-refractivity contribution >= 4 is 5.97 Å². The Morgan fingerprint density at radius 1 is 1.33 bits per heavy atom. The molecule has 0 aromatic rings. The Balaban J connectivity index is 2.36. The number of carbonyl (C=O) groups excluding carboxylic acids is 1. The van der Waals surface area contributed by atoms with Crippen molar-refractivity contribution in [3.63, 3.8) is 0 Å². The lowest BCUT2D eigenvalue weighted by molar-refractivity contribution is -0.145. The number of hydrogen-bond acceptors (Lipinski definition) is 4. The summed E-state index contributed by atoms with van der Waals surface area (Å²) in [6, 6.07) is 0.194. The van der Waals surface area contributed by atoms with Gasteiger partial charge in [-0.1, -0.05) is 13.8 Å². The van der Waals surface area contributed by atoms with Gasteiger partial charge in [-0.3, -0.25) is 4.79 Å². The minimum Gasteiger partial charge on any atom is -0.468 e. The quantitative estimate of drug-likeness (QED) is 0.694. The molecule has 0 saturated heterocycles. The molecule has 1 N–H and O–H groups in total. The van der Waals surface area contributed by atoms with Crippen LogP contribution >= 0.6 is 0 Å². The zero-order valence-corrected chi connectivity index (χ0v) is 9.95. The van der Waals surface area contributed by atoms with Crippen LogP contribution in [0.25, 0.3) is 0 Å². The van der Waals surface area contributed by atoms with E-state index >= 15 is 0 Å². The first-order valence-electron chi connectivity index (χ1n) is 5.45. The van der Waals surface area contributed by atoms with Gasteiger partial charge in [0.05, 0.1) is 13.2 Å². The molecule has 0 unspecified atom stereocenters. The molecule has 0 heterocycles. The van der Waals surface area contributed by atoms with Gasteiger partial charge in [-0.05, 0) is 18.8 Å². The van der Waals surface area contributed by atoms with Crippen LogP contribution < -0.4 is 5.32 Å². The SMILES string of the molecule is COC(=O)[C@@H](NC1CC(OC)C1)C(C)C. The van der Waals surface area contributed by atoms with E-state index in [0.717, 1.165) is 12.8 Å². The normalized spacial score (nSPS) is 27.3. The Bertz CT molecular complexity index is 212. The van der Waals surface area contributed by atoms with Crippen LogP contribution in [0.2, 0.25) is 0 Å². The molecular weight excluding hydrogens is 194 g/mol. The Hall–Kier alpha value is -0.610. The van der Waals surface area contributed by atoms with E-state index in [-0.39, 0.29) is 17.9 Å². The number of methoxy groups -OCH3 is 2. The lowest BCUT2D eigenvalue weighted by Gasteiger charge is -2.37. The molecule has 1 aliphatic carbocycles. The fourth-order valence-corrected chi connectivity index (χ4v) is 1.81. The number of ether oxygens (including phenoxy) is 2. The van der Waals surface area contributed by atoms with Crippen LogP contribution in [0.15, 0.2) is 0 Å². The molecule has 4 heteroatoms. The van der Waals surface area contributed by atoms with Crippen molar-refractivity contribution in [2.75, 3.05) is 14.2 Å². The fourth-order valence-electron chi connectivity index (χ4n) is 1.81. The second-order valence-electron chi connectivity index (χ2n) is 4.44. The van der Waals surface area contributed by atoms with Gasteiger partial charge >= 0.3 is 5.97 Å². The van der Waals surface area contributed by atoms with Gasteiger partial charge in [0.2, 0.25) is 0 Å². The maximum atomic E-state index is 11.5. The summed E-state index contributed by atoms with van der Waals surface area (Å²) >= 11 is 0. The molecule has 0 aliphatic heterocycles. The van der Waals surface area contributed by atoms with Crippen molar-refractivity contribution in [3.8, 4) is 0 Å². The monoisotopic (exact) mass is 215 g/mol. The van der Waals surface area contributed by atoms with E-state index in [4.69, 9.17) is 9.47 Å². The summed E-state index contributed by atoms with van der Waals surface area (Å²) in [7, 11) is 3.15. The van der Waals surface area contributed by atoms with Crippen LogP contribution in [0, 0.1) is 5.92 Å². The van der Waals surface area contributed by atoms with E-state index in [0.29, 0.717) is 12.1 Å². The van der Waals surface area contributed by atoms with Crippen LogP contribution in [0.4, 0.5) is 0 Å². The largest absolute Gasteiger partial charge is 0.468 e. The molecule has 1 fully saturated rings. The molecule has 88 valence electrons. The zero-order chi connectivity index (χ0) is 11.4. The summed E-state index contributed by atoms with van der Waals surface area (Å²) in [4.78, 5) is 11.5. The lowest BCUT2D eigenvalue weighted by atomic mass is 9.87. The number of nitrogens with one attached hydrogen (secondary N) is 1. The molecule has 1 saturated carbocycles. The van der Waals surface area contributed by atoms with Gasteiger partial charge in [0.1, 0.15) is 6.04 Å². The molecular formula is C11H21NO3. The predicted molar refractivity (Wildman–Crippen MR) is 57.6 cm³/mol. The molecule has 0 bridgehead atoms. The van der Waals surface area contributed by atoms with Gasteiger partial charge in [0.15, 0.2) is 0 Å². The smallest absolute Gasteiger partial charge is 0.323 e. The topological polar surface area (TPSA) is 47.6 Å². The van der Waals surface area contributed by atoms with Crippen LogP contribution in [0.1, 0.15) is 26.7 Å². The minimum atomic E-state index is -0.196. The van der Waals surface area contributed by atoms with Gasteiger partial charge in [-0.15, -0.1) is 0 Å². The highest BCUT2D eigenvalue weighted by Gasteiger charge is 2.33. The van der Waals surface area contributed by atoms with Gasteiger partial charge in [-0.2, -0.15) is 0 Å². The van der Waals surface area contributed by atoms with Crippen LogP contribution in [0.5, 0.6) is 0 Å². The lowest BCUT2D eigenvalue weighted by Crippen LogP contribution is -2.53. The maximum Gasteiger partial charge on any atom is 0.323 e. The Kier molecular flexibility index (Phi) is 4.54. The third-order valence-electron chi connectivity index (χ3n) is 2.97. The van der Waals surface area contributed by atoms with E-state index in [1.165, 1.54) is 7.11 Å². The Morgan fingerprint density at radius 2 is 1.93 bits per heavy atom. The standard InChI is InChI=1S/C11H21NO3/c1-7(2)10(11(13)15-4)12-8-5-9(6-8)14-3/h7-10,12H,5-6H2,1-4H3/t8?,9?,10-/m0/s1. The van der Waals surface area contributed by atoms with Gasteiger partial charge in [0.25, 0.3) is 0 Å². The molecule has 1 aliphatic rings. The summed E-state index contributed by atoms with van der Waals surface area (Å²) in [5.74, 6) is 0.0740. The number of esters is 1. The Labute approximate surface area is 91.3 Å². The first kappa shape index (κ1) is 12.5. The van der Waals surface area contributed by atoms with Crippen LogP contribution in [-0.2, 0) is 14.3 Å². The van der Waals surface area contributed by atoms with Crippen molar-refractivity contribution in [3.05, 3.63) is 0 Å². The summed E-state index contributed by atoms with van der Waals surface area (Å²) < 4.78 is 9.95. The van der Waals surface area contributed by atoms with Gasteiger partial charge in [0, 0.05) is 13.2 Å². The number of rotatable bonds is 5. The van der Waals surface area contributed by atoms with Crippen molar-refractivity contribution in [2.24, 2.45) is 5.92 Å². The summed E-state index contributed by atoms with van der Waals surface area (Å²) in [6.07, 6.45) is 2.32. The van der Waals surface area contributed by atoms with Crippen molar-refractivity contribution in [1.29, 1.82) is 0 Å². The first-order valence-corrected chi connectivity index (χ1v) is 5.45. The minimum absolute atomic E-state index is 0.175. The van der Waals surface area contributed by atoms with Gasteiger partial charge in [-0.25, -0.2) is 0 Å². The second-order valence-corrected chi connectivity index (χ2v) is 4.44. The molecule has 15 heavy (non-hydrogen) atoms. The average molecular weight is 215 g/mol. The molecule has 0 radical (unpaired) electrons.